The highest BCUT2D eigenvalue weighted by atomic mass is 16.2. The average molecular weight is 219 g/mol. The molecule has 0 aromatic heterocycles. The van der Waals surface area contributed by atoms with Crippen LogP contribution in [0.2, 0.25) is 0 Å². The molecule has 1 amide bonds. The summed E-state index contributed by atoms with van der Waals surface area (Å²) >= 11 is 0. The van der Waals surface area contributed by atoms with Gasteiger partial charge < -0.3 is 5.32 Å². The third-order valence-electron chi connectivity index (χ3n) is 2.63. The normalized spacial score (nSPS) is 14.2. The molecule has 0 saturated heterocycles. The summed E-state index contributed by atoms with van der Waals surface area (Å²) < 4.78 is 0. The molecule has 0 spiro atoms. The summed E-state index contributed by atoms with van der Waals surface area (Å²) in [6.45, 7) is 1.02. The van der Waals surface area contributed by atoms with Gasteiger partial charge in [0, 0.05) is 31.9 Å². The van der Waals surface area contributed by atoms with E-state index >= 15 is 0 Å². The third kappa shape index (κ3) is 2.33. The van der Waals surface area contributed by atoms with Crippen molar-refractivity contribution in [3.05, 3.63) is 29.3 Å². The van der Waals surface area contributed by atoms with E-state index in [2.05, 4.69) is 10.7 Å². The minimum Gasteiger partial charge on any atom is -0.385 e. The van der Waals surface area contributed by atoms with Crippen LogP contribution < -0.4 is 10.7 Å². The summed E-state index contributed by atoms with van der Waals surface area (Å²) in [5.74, 6) is -0.0571. The zero-order valence-corrected chi connectivity index (χ0v) is 9.71. The lowest BCUT2D eigenvalue weighted by Gasteiger charge is -2.19. The number of amides is 1. The predicted molar refractivity (Wildman–Crippen MR) is 64.4 cm³/mol. The van der Waals surface area contributed by atoms with Crippen LogP contribution in [0.5, 0.6) is 0 Å². The molecule has 4 heteroatoms. The Morgan fingerprint density at radius 1 is 1.44 bits per heavy atom. The topological polar surface area (TPSA) is 44.4 Å². The van der Waals surface area contributed by atoms with Gasteiger partial charge in [-0.3, -0.25) is 10.2 Å². The summed E-state index contributed by atoms with van der Waals surface area (Å²) in [6, 6.07) is 5.81. The fourth-order valence-corrected chi connectivity index (χ4v) is 1.88. The summed E-state index contributed by atoms with van der Waals surface area (Å²) in [7, 11) is 3.61. The van der Waals surface area contributed by atoms with Crippen molar-refractivity contribution in [3.63, 3.8) is 0 Å². The molecule has 0 bridgehead atoms. The SMILES string of the molecule is CN(C)NC(=O)c1ccc2c(c1)CCCN2. The first-order valence-corrected chi connectivity index (χ1v) is 5.52. The molecule has 4 nitrogen and oxygen atoms in total. The van der Waals surface area contributed by atoms with Gasteiger partial charge in [0.05, 0.1) is 0 Å². The average Bonchev–Trinajstić information content (AvgIpc) is 2.27. The number of nitrogens with zero attached hydrogens (tertiary/aromatic N) is 1. The van der Waals surface area contributed by atoms with Crippen molar-refractivity contribution in [1.82, 2.24) is 10.4 Å². The van der Waals surface area contributed by atoms with Gasteiger partial charge >= 0.3 is 0 Å². The van der Waals surface area contributed by atoms with Crippen LogP contribution in [0.25, 0.3) is 0 Å². The van der Waals surface area contributed by atoms with Gasteiger partial charge in [-0.05, 0) is 36.6 Å². The van der Waals surface area contributed by atoms with Crippen molar-refractivity contribution < 1.29 is 4.79 Å². The van der Waals surface area contributed by atoms with Gasteiger partial charge in [-0.2, -0.15) is 0 Å². The van der Waals surface area contributed by atoms with E-state index in [0.29, 0.717) is 0 Å². The maximum absolute atomic E-state index is 11.8. The number of nitrogens with one attached hydrogen (secondary N) is 2. The van der Waals surface area contributed by atoms with E-state index < -0.39 is 0 Å². The van der Waals surface area contributed by atoms with Gasteiger partial charge in [0.15, 0.2) is 0 Å². The number of rotatable bonds is 2. The zero-order chi connectivity index (χ0) is 11.5. The van der Waals surface area contributed by atoms with Crippen molar-refractivity contribution in [1.29, 1.82) is 0 Å². The summed E-state index contributed by atoms with van der Waals surface area (Å²) in [5, 5.41) is 4.98. The van der Waals surface area contributed by atoms with Crippen molar-refractivity contribution in [2.24, 2.45) is 0 Å². The lowest BCUT2D eigenvalue weighted by molar-refractivity contribution is 0.0857. The molecule has 16 heavy (non-hydrogen) atoms. The first-order valence-electron chi connectivity index (χ1n) is 5.52. The summed E-state index contributed by atoms with van der Waals surface area (Å²) in [5.41, 5.74) is 5.85. The van der Waals surface area contributed by atoms with Crippen LogP contribution in [0.15, 0.2) is 18.2 Å². The molecular formula is C12H17N3O. The second-order valence-electron chi connectivity index (χ2n) is 4.24. The number of benzene rings is 1. The molecule has 0 unspecified atom stereocenters. The molecule has 1 aliphatic heterocycles. The van der Waals surface area contributed by atoms with Crippen LogP contribution in [0.1, 0.15) is 22.3 Å². The fraction of sp³-hybridized carbons (Fsp3) is 0.417. The van der Waals surface area contributed by atoms with Crippen LogP contribution in [0, 0.1) is 0 Å². The second-order valence-corrected chi connectivity index (χ2v) is 4.24. The number of hydrogen-bond acceptors (Lipinski definition) is 3. The Balaban J connectivity index is 2.19. The fourth-order valence-electron chi connectivity index (χ4n) is 1.88. The maximum Gasteiger partial charge on any atom is 0.265 e. The molecule has 0 radical (unpaired) electrons. The van der Waals surface area contributed by atoms with Crippen molar-refractivity contribution in [3.8, 4) is 0 Å². The maximum atomic E-state index is 11.8. The number of hydrazine groups is 1. The number of carbonyl (C=O) groups is 1. The van der Waals surface area contributed by atoms with Crippen LogP contribution in [-0.2, 0) is 6.42 Å². The van der Waals surface area contributed by atoms with Gasteiger partial charge in [0.25, 0.3) is 5.91 Å². The van der Waals surface area contributed by atoms with Gasteiger partial charge in [0.2, 0.25) is 0 Å². The molecule has 2 N–H and O–H groups in total. The molecule has 0 fully saturated rings. The molecule has 0 saturated carbocycles. The van der Waals surface area contributed by atoms with Gasteiger partial charge in [-0.25, -0.2) is 5.01 Å². The first kappa shape index (κ1) is 11.0. The molecule has 2 rings (SSSR count). The van der Waals surface area contributed by atoms with E-state index in [0.717, 1.165) is 30.6 Å². The number of hydrogen-bond donors (Lipinski definition) is 2. The standard InChI is InChI=1S/C12H17N3O/c1-15(2)14-12(16)10-5-6-11-9(8-10)4-3-7-13-11/h5-6,8,13H,3-4,7H2,1-2H3,(H,14,16). The quantitative estimate of drug-likeness (QED) is 0.736. The van der Waals surface area contributed by atoms with Crippen molar-refractivity contribution in [2.75, 3.05) is 26.0 Å². The van der Waals surface area contributed by atoms with Gasteiger partial charge in [-0.15, -0.1) is 0 Å². The lowest BCUT2D eigenvalue weighted by Crippen LogP contribution is -2.36. The summed E-state index contributed by atoms with van der Waals surface area (Å²) in [6.07, 6.45) is 2.18. The Kier molecular flexibility index (Phi) is 3.10. The molecular weight excluding hydrogens is 202 g/mol. The van der Waals surface area contributed by atoms with Crippen molar-refractivity contribution >= 4 is 11.6 Å². The minimum atomic E-state index is -0.0571. The Bertz CT molecular complexity index is 401. The monoisotopic (exact) mass is 219 g/mol. The van der Waals surface area contributed by atoms with Gasteiger partial charge in [0.1, 0.15) is 0 Å². The second kappa shape index (κ2) is 4.53. The van der Waals surface area contributed by atoms with E-state index in [-0.39, 0.29) is 5.91 Å². The molecule has 0 atom stereocenters. The predicted octanol–water partition coefficient (Wildman–Crippen LogP) is 1.25. The van der Waals surface area contributed by atoms with Crippen LogP contribution in [0.3, 0.4) is 0 Å². The molecule has 1 aliphatic rings. The summed E-state index contributed by atoms with van der Waals surface area (Å²) in [4.78, 5) is 11.8. The third-order valence-corrected chi connectivity index (χ3v) is 2.63. The number of fused-ring (bicyclic) bond motifs is 1. The van der Waals surface area contributed by atoms with Gasteiger partial charge in [-0.1, -0.05) is 0 Å². The Morgan fingerprint density at radius 2 is 2.25 bits per heavy atom. The Labute approximate surface area is 95.6 Å². The van der Waals surface area contributed by atoms with Crippen LogP contribution in [-0.4, -0.2) is 31.6 Å². The number of aryl methyl sites for hydroxylation is 1. The Hall–Kier alpha value is -1.55. The van der Waals surface area contributed by atoms with E-state index in [1.807, 2.05) is 18.2 Å². The number of anilines is 1. The highest BCUT2D eigenvalue weighted by Gasteiger charge is 2.12. The smallest absolute Gasteiger partial charge is 0.265 e. The van der Waals surface area contributed by atoms with Crippen LogP contribution in [0.4, 0.5) is 5.69 Å². The molecule has 1 heterocycles. The highest BCUT2D eigenvalue weighted by Crippen LogP contribution is 2.22. The minimum absolute atomic E-state index is 0.0571. The molecule has 1 aromatic rings. The Morgan fingerprint density at radius 3 is 3.00 bits per heavy atom. The highest BCUT2D eigenvalue weighted by molar-refractivity contribution is 5.94. The zero-order valence-electron chi connectivity index (χ0n) is 9.71. The molecule has 0 aliphatic carbocycles. The lowest BCUT2D eigenvalue weighted by atomic mass is 10.0. The van der Waals surface area contributed by atoms with E-state index in [1.165, 1.54) is 5.56 Å². The number of carbonyl (C=O) groups excluding carboxylic acids is 1. The van der Waals surface area contributed by atoms with Crippen molar-refractivity contribution in [2.45, 2.75) is 12.8 Å². The van der Waals surface area contributed by atoms with Crippen LogP contribution >= 0.6 is 0 Å². The van der Waals surface area contributed by atoms with E-state index in [1.54, 1.807) is 19.1 Å². The molecule has 86 valence electrons. The largest absolute Gasteiger partial charge is 0.385 e. The van der Waals surface area contributed by atoms with E-state index in [9.17, 15) is 4.79 Å². The molecule has 1 aromatic carbocycles. The van der Waals surface area contributed by atoms with E-state index in [4.69, 9.17) is 0 Å². The first-order chi connectivity index (χ1) is 7.66.